The van der Waals surface area contributed by atoms with Crippen LogP contribution in [0.15, 0.2) is 53.4 Å². The fourth-order valence-electron chi connectivity index (χ4n) is 2.96. The maximum Gasteiger partial charge on any atom is 0.243 e. The molecule has 1 saturated heterocycles. The summed E-state index contributed by atoms with van der Waals surface area (Å²) in [5, 5.41) is 0. The molecule has 0 radical (unpaired) electrons. The van der Waals surface area contributed by atoms with E-state index >= 15 is 0 Å². The van der Waals surface area contributed by atoms with Crippen LogP contribution in [0.3, 0.4) is 0 Å². The van der Waals surface area contributed by atoms with E-state index in [1.54, 1.807) is 24.3 Å². The predicted octanol–water partition coefficient (Wildman–Crippen LogP) is 3.36. The standard InChI is InChI=1S/C17H18FNO3S/c1-22-15-7-9-16(10-8-15)23(20,21)19-11-3-6-17(19)13-4-2-5-14(18)12-13/h2,4-5,7-10,12,17H,3,6,11H2,1H3. The Labute approximate surface area is 135 Å². The molecule has 0 amide bonds. The molecule has 1 unspecified atom stereocenters. The minimum Gasteiger partial charge on any atom is -0.497 e. The van der Waals surface area contributed by atoms with Gasteiger partial charge in [0.1, 0.15) is 11.6 Å². The van der Waals surface area contributed by atoms with Gasteiger partial charge in [0.05, 0.1) is 18.0 Å². The second kappa shape index (κ2) is 6.29. The minimum absolute atomic E-state index is 0.224. The fraction of sp³-hybridized carbons (Fsp3) is 0.294. The van der Waals surface area contributed by atoms with E-state index in [-0.39, 0.29) is 16.8 Å². The first-order valence-electron chi connectivity index (χ1n) is 7.44. The van der Waals surface area contributed by atoms with Crippen molar-refractivity contribution in [3.05, 3.63) is 59.9 Å². The normalized spacial score (nSPS) is 19.0. The topological polar surface area (TPSA) is 46.6 Å². The van der Waals surface area contributed by atoms with Crippen molar-refractivity contribution < 1.29 is 17.5 Å². The average molecular weight is 335 g/mol. The lowest BCUT2D eigenvalue weighted by Crippen LogP contribution is -2.30. The van der Waals surface area contributed by atoms with Crippen LogP contribution in [0.5, 0.6) is 5.75 Å². The van der Waals surface area contributed by atoms with Crippen LogP contribution < -0.4 is 4.74 Å². The number of benzene rings is 2. The Kier molecular flexibility index (Phi) is 4.37. The third-order valence-electron chi connectivity index (χ3n) is 4.10. The molecule has 6 heteroatoms. The number of hydrogen-bond acceptors (Lipinski definition) is 3. The quantitative estimate of drug-likeness (QED) is 0.861. The van der Waals surface area contributed by atoms with Gasteiger partial charge in [-0.1, -0.05) is 12.1 Å². The second-order valence-corrected chi connectivity index (χ2v) is 7.39. The van der Waals surface area contributed by atoms with Gasteiger partial charge in [0.2, 0.25) is 10.0 Å². The summed E-state index contributed by atoms with van der Waals surface area (Å²) in [6, 6.07) is 12.2. The SMILES string of the molecule is COc1ccc(S(=O)(=O)N2CCCC2c2cccc(F)c2)cc1. The predicted molar refractivity (Wildman–Crippen MR) is 85.3 cm³/mol. The van der Waals surface area contributed by atoms with E-state index < -0.39 is 10.0 Å². The molecule has 122 valence electrons. The Morgan fingerprint density at radius 1 is 1.17 bits per heavy atom. The van der Waals surface area contributed by atoms with Crippen molar-refractivity contribution in [2.24, 2.45) is 0 Å². The molecule has 4 nitrogen and oxygen atoms in total. The van der Waals surface area contributed by atoms with E-state index in [1.807, 2.05) is 0 Å². The highest BCUT2D eigenvalue weighted by molar-refractivity contribution is 7.89. The van der Waals surface area contributed by atoms with Gasteiger partial charge in [0.15, 0.2) is 0 Å². The smallest absolute Gasteiger partial charge is 0.243 e. The van der Waals surface area contributed by atoms with E-state index in [2.05, 4.69) is 0 Å². The third-order valence-corrected chi connectivity index (χ3v) is 6.03. The van der Waals surface area contributed by atoms with Crippen LogP contribution in [0.25, 0.3) is 0 Å². The number of rotatable bonds is 4. The van der Waals surface area contributed by atoms with E-state index in [4.69, 9.17) is 4.74 Å². The summed E-state index contributed by atoms with van der Waals surface area (Å²) in [4.78, 5) is 0.224. The number of nitrogens with zero attached hydrogens (tertiary/aromatic N) is 1. The Bertz CT molecular complexity index is 790. The van der Waals surface area contributed by atoms with Crippen molar-refractivity contribution >= 4 is 10.0 Å². The van der Waals surface area contributed by atoms with Gasteiger partial charge in [-0.2, -0.15) is 4.31 Å². The summed E-state index contributed by atoms with van der Waals surface area (Å²) in [5.41, 5.74) is 0.694. The molecule has 0 aliphatic carbocycles. The first kappa shape index (κ1) is 16.0. The lowest BCUT2D eigenvalue weighted by Gasteiger charge is -2.24. The zero-order chi connectivity index (χ0) is 16.4. The summed E-state index contributed by atoms with van der Waals surface area (Å²) >= 11 is 0. The molecule has 0 N–H and O–H groups in total. The average Bonchev–Trinajstić information content (AvgIpc) is 3.05. The number of methoxy groups -OCH3 is 1. The van der Waals surface area contributed by atoms with Crippen LogP contribution in [0.1, 0.15) is 24.4 Å². The highest BCUT2D eigenvalue weighted by Gasteiger charge is 2.36. The summed E-state index contributed by atoms with van der Waals surface area (Å²) in [6.45, 7) is 0.440. The van der Waals surface area contributed by atoms with Crippen molar-refractivity contribution in [1.29, 1.82) is 0 Å². The van der Waals surface area contributed by atoms with E-state index in [1.165, 1.54) is 35.7 Å². The molecule has 3 rings (SSSR count). The molecular weight excluding hydrogens is 317 g/mol. The molecule has 1 aliphatic heterocycles. The summed E-state index contributed by atoms with van der Waals surface area (Å²) in [5.74, 6) is 0.253. The number of halogens is 1. The molecule has 23 heavy (non-hydrogen) atoms. The Morgan fingerprint density at radius 3 is 2.57 bits per heavy atom. The van der Waals surface area contributed by atoms with Crippen molar-refractivity contribution in [2.75, 3.05) is 13.7 Å². The third kappa shape index (κ3) is 3.09. The zero-order valence-corrected chi connectivity index (χ0v) is 13.6. The molecule has 2 aromatic carbocycles. The van der Waals surface area contributed by atoms with Gasteiger partial charge >= 0.3 is 0 Å². The number of sulfonamides is 1. The molecule has 1 aliphatic rings. The first-order valence-corrected chi connectivity index (χ1v) is 8.88. The first-order chi connectivity index (χ1) is 11.0. The van der Waals surface area contributed by atoms with Crippen LogP contribution >= 0.6 is 0 Å². The molecule has 0 saturated carbocycles. The van der Waals surface area contributed by atoms with Crippen LogP contribution in [0.4, 0.5) is 4.39 Å². The Hall–Kier alpha value is -1.92. The van der Waals surface area contributed by atoms with Crippen LogP contribution in [-0.2, 0) is 10.0 Å². The highest BCUT2D eigenvalue weighted by Crippen LogP contribution is 2.36. The van der Waals surface area contributed by atoms with Gasteiger partial charge in [0, 0.05) is 6.54 Å². The summed E-state index contributed by atoms with van der Waals surface area (Å²) in [7, 11) is -2.09. The highest BCUT2D eigenvalue weighted by atomic mass is 32.2. The molecule has 0 bridgehead atoms. The van der Waals surface area contributed by atoms with Gasteiger partial charge in [-0.05, 0) is 54.8 Å². The largest absolute Gasteiger partial charge is 0.497 e. The molecule has 2 aromatic rings. The molecule has 0 spiro atoms. The van der Waals surface area contributed by atoms with Gasteiger partial charge in [-0.3, -0.25) is 0 Å². The van der Waals surface area contributed by atoms with Crippen LogP contribution in [0, 0.1) is 5.82 Å². The van der Waals surface area contributed by atoms with Crippen LogP contribution in [0.2, 0.25) is 0 Å². The number of ether oxygens (including phenoxy) is 1. The van der Waals surface area contributed by atoms with Crippen molar-refractivity contribution in [3.63, 3.8) is 0 Å². The maximum atomic E-state index is 13.5. The lowest BCUT2D eigenvalue weighted by molar-refractivity contribution is 0.395. The van der Waals surface area contributed by atoms with Gasteiger partial charge in [-0.25, -0.2) is 12.8 Å². The summed E-state index contributed by atoms with van der Waals surface area (Å²) in [6.07, 6.45) is 1.45. The minimum atomic E-state index is -3.62. The van der Waals surface area contributed by atoms with Crippen molar-refractivity contribution in [1.82, 2.24) is 4.31 Å². The molecule has 1 fully saturated rings. The fourth-order valence-corrected chi connectivity index (χ4v) is 4.64. The van der Waals surface area contributed by atoms with E-state index in [0.29, 0.717) is 24.3 Å². The Morgan fingerprint density at radius 2 is 1.91 bits per heavy atom. The zero-order valence-electron chi connectivity index (χ0n) is 12.8. The molecule has 1 atom stereocenters. The number of hydrogen-bond donors (Lipinski definition) is 0. The molecule has 1 heterocycles. The molecular formula is C17H18FNO3S. The van der Waals surface area contributed by atoms with Crippen LogP contribution in [-0.4, -0.2) is 26.4 Å². The van der Waals surface area contributed by atoms with Gasteiger partial charge < -0.3 is 4.74 Å². The monoisotopic (exact) mass is 335 g/mol. The second-order valence-electron chi connectivity index (χ2n) is 5.50. The van der Waals surface area contributed by atoms with E-state index in [0.717, 1.165) is 6.42 Å². The van der Waals surface area contributed by atoms with E-state index in [9.17, 15) is 12.8 Å². The Balaban J connectivity index is 1.94. The molecule has 0 aromatic heterocycles. The van der Waals surface area contributed by atoms with Crippen molar-refractivity contribution in [3.8, 4) is 5.75 Å². The summed E-state index contributed by atoms with van der Waals surface area (Å²) < 4.78 is 45.8. The lowest BCUT2D eigenvalue weighted by atomic mass is 10.1. The van der Waals surface area contributed by atoms with Crippen molar-refractivity contribution in [2.45, 2.75) is 23.8 Å². The van der Waals surface area contributed by atoms with Gasteiger partial charge in [-0.15, -0.1) is 0 Å². The maximum absolute atomic E-state index is 13.5. The van der Waals surface area contributed by atoms with Gasteiger partial charge in [0.25, 0.3) is 0 Å².